The highest BCUT2D eigenvalue weighted by Crippen LogP contribution is 2.22. The average Bonchev–Trinajstić information content (AvgIpc) is 2.15. The van der Waals surface area contributed by atoms with Crippen LogP contribution in [-0.4, -0.2) is 18.5 Å². The number of hydrogen-bond donors (Lipinski definition) is 2. The third-order valence-corrected chi connectivity index (χ3v) is 3.12. The summed E-state index contributed by atoms with van der Waals surface area (Å²) >= 11 is 0. The van der Waals surface area contributed by atoms with Crippen molar-refractivity contribution in [2.45, 2.75) is 52.5 Å². The maximum absolute atomic E-state index is 11.6. The molecular formula is C12H24N2O. The lowest BCUT2D eigenvalue weighted by molar-refractivity contribution is -0.128. The fourth-order valence-corrected chi connectivity index (χ4v) is 1.89. The Bertz CT molecular complexity index is 212. The van der Waals surface area contributed by atoms with Crippen molar-refractivity contribution in [1.29, 1.82) is 0 Å². The Morgan fingerprint density at radius 3 is 2.27 bits per heavy atom. The van der Waals surface area contributed by atoms with Crippen LogP contribution in [0, 0.1) is 11.3 Å². The fraction of sp³-hybridized carbons (Fsp3) is 0.917. The third kappa shape index (κ3) is 4.20. The van der Waals surface area contributed by atoms with Crippen LogP contribution in [0.15, 0.2) is 0 Å². The van der Waals surface area contributed by atoms with Gasteiger partial charge in [0.05, 0.1) is 0 Å². The Morgan fingerprint density at radius 2 is 1.80 bits per heavy atom. The zero-order valence-electron chi connectivity index (χ0n) is 10.2. The molecule has 3 heteroatoms. The van der Waals surface area contributed by atoms with Gasteiger partial charge in [0.25, 0.3) is 0 Å². The lowest BCUT2D eigenvalue weighted by Gasteiger charge is -2.27. The quantitative estimate of drug-likeness (QED) is 0.731. The van der Waals surface area contributed by atoms with E-state index in [2.05, 4.69) is 5.32 Å². The number of carbonyl (C=O) groups excluding carboxylic acids is 1. The third-order valence-electron chi connectivity index (χ3n) is 3.12. The number of nitrogens with one attached hydrogen (secondary N) is 1. The number of nitrogens with two attached hydrogens (primary N) is 1. The smallest absolute Gasteiger partial charge is 0.225 e. The van der Waals surface area contributed by atoms with Gasteiger partial charge in [-0.25, -0.2) is 0 Å². The Hall–Kier alpha value is -0.570. The first-order valence-corrected chi connectivity index (χ1v) is 5.93. The summed E-state index contributed by atoms with van der Waals surface area (Å²) < 4.78 is 0. The molecule has 0 aliphatic heterocycles. The van der Waals surface area contributed by atoms with E-state index >= 15 is 0 Å². The molecule has 1 rings (SSSR count). The van der Waals surface area contributed by atoms with Gasteiger partial charge in [-0.3, -0.25) is 4.79 Å². The van der Waals surface area contributed by atoms with E-state index in [1.54, 1.807) is 0 Å². The van der Waals surface area contributed by atoms with Gasteiger partial charge in [0, 0.05) is 18.0 Å². The van der Waals surface area contributed by atoms with Gasteiger partial charge >= 0.3 is 0 Å². The standard InChI is InChI=1S/C12H24N2O/c1-12(2,3)11(15)14-8-9-4-6-10(13)7-5-9/h9-10H,4-8,13H2,1-3H3,(H,14,15). The molecule has 0 atom stereocenters. The minimum atomic E-state index is -0.273. The maximum atomic E-state index is 11.6. The van der Waals surface area contributed by atoms with Crippen LogP contribution in [0.2, 0.25) is 0 Å². The average molecular weight is 212 g/mol. The molecular weight excluding hydrogens is 188 g/mol. The molecule has 3 N–H and O–H groups in total. The highest BCUT2D eigenvalue weighted by atomic mass is 16.2. The van der Waals surface area contributed by atoms with Crippen molar-refractivity contribution in [2.75, 3.05) is 6.54 Å². The molecule has 88 valence electrons. The van der Waals surface area contributed by atoms with E-state index < -0.39 is 0 Å². The van der Waals surface area contributed by atoms with Crippen LogP contribution in [0.4, 0.5) is 0 Å². The summed E-state index contributed by atoms with van der Waals surface area (Å²) in [4.78, 5) is 11.6. The highest BCUT2D eigenvalue weighted by molar-refractivity contribution is 5.81. The van der Waals surface area contributed by atoms with Gasteiger partial charge in [-0.15, -0.1) is 0 Å². The molecule has 0 bridgehead atoms. The molecule has 1 aliphatic carbocycles. The molecule has 3 nitrogen and oxygen atoms in total. The molecule has 1 fully saturated rings. The monoisotopic (exact) mass is 212 g/mol. The lowest BCUT2D eigenvalue weighted by atomic mass is 9.86. The Kier molecular flexibility index (Phi) is 4.14. The highest BCUT2D eigenvalue weighted by Gasteiger charge is 2.23. The second-order valence-corrected chi connectivity index (χ2v) is 5.74. The summed E-state index contributed by atoms with van der Waals surface area (Å²) in [6.07, 6.45) is 4.53. The van der Waals surface area contributed by atoms with Crippen LogP contribution in [0.1, 0.15) is 46.5 Å². The van der Waals surface area contributed by atoms with E-state index in [1.165, 1.54) is 0 Å². The van der Waals surface area contributed by atoms with E-state index in [9.17, 15) is 4.79 Å². The molecule has 0 aromatic carbocycles. The summed E-state index contributed by atoms with van der Waals surface area (Å²) in [5, 5.41) is 3.03. The Labute approximate surface area is 92.8 Å². The van der Waals surface area contributed by atoms with Gasteiger partial charge in [0.15, 0.2) is 0 Å². The molecule has 0 saturated heterocycles. The van der Waals surface area contributed by atoms with E-state index in [-0.39, 0.29) is 11.3 Å². The zero-order chi connectivity index (χ0) is 11.5. The van der Waals surface area contributed by atoms with Crippen molar-refractivity contribution < 1.29 is 4.79 Å². The second-order valence-electron chi connectivity index (χ2n) is 5.74. The summed E-state index contributed by atoms with van der Waals surface area (Å²) in [6, 6.07) is 0.388. The van der Waals surface area contributed by atoms with Crippen molar-refractivity contribution in [3.8, 4) is 0 Å². The van der Waals surface area contributed by atoms with Gasteiger partial charge in [-0.2, -0.15) is 0 Å². The van der Waals surface area contributed by atoms with Gasteiger partial charge in [0.2, 0.25) is 5.91 Å². The topological polar surface area (TPSA) is 55.1 Å². The number of amides is 1. The van der Waals surface area contributed by atoms with E-state index in [0.717, 1.165) is 32.2 Å². The predicted octanol–water partition coefficient (Wildman–Crippen LogP) is 1.67. The van der Waals surface area contributed by atoms with Gasteiger partial charge in [-0.1, -0.05) is 20.8 Å². The molecule has 0 aromatic heterocycles. The summed E-state index contributed by atoms with van der Waals surface area (Å²) in [5.74, 6) is 0.786. The van der Waals surface area contributed by atoms with E-state index in [0.29, 0.717) is 12.0 Å². The number of rotatable bonds is 2. The minimum Gasteiger partial charge on any atom is -0.355 e. The van der Waals surface area contributed by atoms with Crippen LogP contribution >= 0.6 is 0 Å². The lowest BCUT2D eigenvalue weighted by Crippen LogP contribution is -2.39. The van der Waals surface area contributed by atoms with Crippen molar-refractivity contribution in [3.63, 3.8) is 0 Å². The molecule has 0 spiro atoms. The van der Waals surface area contributed by atoms with E-state index in [1.807, 2.05) is 20.8 Å². The van der Waals surface area contributed by atoms with Gasteiger partial charge in [0.1, 0.15) is 0 Å². The first-order valence-electron chi connectivity index (χ1n) is 5.93. The van der Waals surface area contributed by atoms with Crippen molar-refractivity contribution in [3.05, 3.63) is 0 Å². The number of carbonyl (C=O) groups is 1. The molecule has 0 unspecified atom stereocenters. The van der Waals surface area contributed by atoms with Crippen LogP contribution in [0.25, 0.3) is 0 Å². The fourth-order valence-electron chi connectivity index (χ4n) is 1.89. The molecule has 0 heterocycles. The Morgan fingerprint density at radius 1 is 1.27 bits per heavy atom. The summed E-state index contributed by atoms with van der Waals surface area (Å²) in [6.45, 7) is 6.65. The largest absolute Gasteiger partial charge is 0.355 e. The zero-order valence-corrected chi connectivity index (χ0v) is 10.2. The van der Waals surface area contributed by atoms with Gasteiger partial charge in [-0.05, 0) is 31.6 Å². The molecule has 1 saturated carbocycles. The molecule has 15 heavy (non-hydrogen) atoms. The second kappa shape index (κ2) is 4.97. The van der Waals surface area contributed by atoms with Crippen molar-refractivity contribution in [2.24, 2.45) is 17.1 Å². The van der Waals surface area contributed by atoms with Crippen LogP contribution in [-0.2, 0) is 4.79 Å². The van der Waals surface area contributed by atoms with Crippen LogP contribution in [0.3, 0.4) is 0 Å². The SMILES string of the molecule is CC(C)(C)C(=O)NCC1CCC(N)CC1. The molecule has 0 radical (unpaired) electrons. The molecule has 1 amide bonds. The normalized spacial score (nSPS) is 27.5. The first kappa shape index (κ1) is 12.5. The predicted molar refractivity (Wildman–Crippen MR) is 62.4 cm³/mol. The Balaban J connectivity index is 2.23. The number of hydrogen-bond acceptors (Lipinski definition) is 2. The summed E-state index contributed by atoms with van der Waals surface area (Å²) in [7, 11) is 0. The maximum Gasteiger partial charge on any atom is 0.225 e. The molecule has 0 aromatic rings. The van der Waals surface area contributed by atoms with Crippen LogP contribution < -0.4 is 11.1 Å². The van der Waals surface area contributed by atoms with E-state index in [4.69, 9.17) is 5.73 Å². The summed E-state index contributed by atoms with van der Waals surface area (Å²) in [5.41, 5.74) is 5.56. The van der Waals surface area contributed by atoms with Crippen molar-refractivity contribution in [1.82, 2.24) is 5.32 Å². The van der Waals surface area contributed by atoms with Crippen molar-refractivity contribution >= 4 is 5.91 Å². The van der Waals surface area contributed by atoms with Gasteiger partial charge < -0.3 is 11.1 Å². The minimum absolute atomic E-state index is 0.150. The van der Waals surface area contributed by atoms with Crippen LogP contribution in [0.5, 0.6) is 0 Å². The molecule has 1 aliphatic rings. The first-order chi connectivity index (χ1) is 6.89.